The molecule has 4 rings (SSSR count). The molecule has 5 nitrogen and oxygen atoms in total. The zero-order valence-electron chi connectivity index (χ0n) is 16.2. The van der Waals surface area contributed by atoms with Crippen molar-refractivity contribution in [2.75, 3.05) is 0 Å². The zero-order valence-corrected chi connectivity index (χ0v) is 18.6. The van der Waals surface area contributed by atoms with Crippen LogP contribution in [-0.2, 0) is 19.6 Å². The molecule has 0 spiro atoms. The minimum absolute atomic E-state index is 0.388. The van der Waals surface area contributed by atoms with Gasteiger partial charge in [0.2, 0.25) is 5.89 Å². The van der Waals surface area contributed by atoms with E-state index in [0.717, 1.165) is 45.9 Å². The molecule has 7 heteroatoms. The lowest BCUT2D eigenvalue weighted by molar-refractivity contribution is 0.301. The van der Waals surface area contributed by atoms with Gasteiger partial charge in [0.25, 0.3) is 0 Å². The van der Waals surface area contributed by atoms with Crippen molar-refractivity contribution in [2.45, 2.75) is 39.3 Å². The molecule has 29 heavy (non-hydrogen) atoms. The average molecular weight is 472 g/mol. The van der Waals surface area contributed by atoms with E-state index in [4.69, 9.17) is 9.15 Å². The Balaban J connectivity index is 1.24. The van der Waals surface area contributed by atoms with Crippen LogP contribution in [0.15, 0.2) is 63.5 Å². The van der Waals surface area contributed by atoms with Gasteiger partial charge in [-0.05, 0) is 71.4 Å². The summed E-state index contributed by atoms with van der Waals surface area (Å²) >= 11 is 5.16. The van der Waals surface area contributed by atoms with E-state index in [9.17, 15) is 0 Å². The molecule has 0 saturated heterocycles. The van der Waals surface area contributed by atoms with Crippen molar-refractivity contribution in [2.24, 2.45) is 0 Å². The number of aromatic nitrogens is 3. The predicted molar refractivity (Wildman–Crippen MR) is 118 cm³/mol. The van der Waals surface area contributed by atoms with Crippen molar-refractivity contribution in [3.63, 3.8) is 0 Å². The molecule has 0 unspecified atom stereocenters. The van der Waals surface area contributed by atoms with Crippen molar-refractivity contribution in [3.8, 4) is 16.5 Å². The minimum atomic E-state index is 0.388. The molecule has 0 amide bonds. The van der Waals surface area contributed by atoms with Crippen molar-refractivity contribution in [1.29, 1.82) is 0 Å². The molecule has 0 aliphatic heterocycles. The lowest BCUT2D eigenvalue weighted by atomic mass is 10.1. The third-order valence-electron chi connectivity index (χ3n) is 4.62. The second-order valence-corrected chi connectivity index (χ2v) is 9.27. The standard InChI is InChI=1S/C22H22BrN3O2S/c1-16-12-20(29-21(16)23)22-25-18(14-28-22)13-27-19-7-5-17(6-8-19)4-2-3-10-26-11-9-24-15-26/h5-9,11-12,14-15H,2-4,10,13H2,1H3. The van der Waals surface area contributed by atoms with Gasteiger partial charge in [-0.1, -0.05) is 12.1 Å². The van der Waals surface area contributed by atoms with Gasteiger partial charge >= 0.3 is 0 Å². The minimum Gasteiger partial charge on any atom is -0.487 e. The van der Waals surface area contributed by atoms with Crippen LogP contribution in [0.3, 0.4) is 0 Å². The molecule has 3 aromatic heterocycles. The summed E-state index contributed by atoms with van der Waals surface area (Å²) in [5.74, 6) is 1.47. The van der Waals surface area contributed by atoms with Crippen molar-refractivity contribution < 1.29 is 9.15 Å². The largest absolute Gasteiger partial charge is 0.487 e. The maximum atomic E-state index is 5.86. The van der Waals surface area contributed by atoms with Crippen LogP contribution in [0.25, 0.3) is 10.8 Å². The molecule has 0 bridgehead atoms. The third kappa shape index (κ3) is 5.36. The molecule has 150 valence electrons. The first-order chi connectivity index (χ1) is 14.2. The molecule has 0 saturated carbocycles. The Morgan fingerprint density at radius 1 is 1.21 bits per heavy atom. The van der Waals surface area contributed by atoms with Crippen LogP contribution < -0.4 is 4.74 Å². The number of rotatable bonds is 9. The van der Waals surface area contributed by atoms with E-state index in [1.165, 1.54) is 11.1 Å². The van der Waals surface area contributed by atoms with Crippen molar-refractivity contribution in [1.82, 2.24) is 14.5 Å². The number of unbranched alkanes of at least 4 members (excludes halogenated alkanes) is 1. The van der Waals surface area contributed by atoms with Gasteiger partial charge in [-0.3, -0.25) is 0 Å². The lowest BCUT2D eigenvalue weighted by Crippen LogP contribution is -1.97. The maximum Gasteiger partial charge on any atom is 0.236 e. The molecule has 0 aliphatic carbocycles. The van der Waals surface area contributed by atoms with E-state index in [2.05, 4.69) is 55.6 Å². The second kappa shape index (κ2) is 9.41. The summed E-state index contributed by atoms with van der Waals surface area (Å²) in [7, 11) is 0. The van der Waals surface area contributed by atoms with Crippen LogP contribution in [0.5, 0.6) is 5.75 Å². The van der Waals surface area contributed by atoms with Gasteiger partial charge in [-0.25, -0.2) is 9.97 Å². The lowest BCUT2D eigenvalue weighted by Gasteiger charge is -2.06. The van der Waals surface area contributed by atoms with Crippen LogP contribution in [0.4, 0.5) is 0 Å². The Bertz CT molecular complexity index is 1020. The number of imidazole rings is 1. The van der Waals surface area contributed by atoms with Crippen LogP contribution >= 0.6 is 27.3 Å². The Morgan fingerprint density at radius 2 is 2.07 bits per heavy atom. The zero-order chi connectivity index (χ0) is 20.1. The third-order valence-corrected chi connectivity index (χ3v) is 6.75. The van der Waals surface area contributed by atoms with Gasteiger partial charge in [0.1, 0.15) is 24.3 Å². The van der Waals surface area contributed by atoms with Crippen LogP contribution in [0.1, 0.15) is 29.7 Å². The number of nitrogens with zero attached hydrogens (tertiary/aromatic N) is 3. The summed E-state index contributed by atoms with van der Waals surface area (Å²) in [5, 5.41) is 0. The fraction of sp³-hybridized carbons (Fsp3) is 0.273. The number of hydrogen-bond donors (Lipinski definition) is 0. The first-order valence-electron chi connectivity index (χ1n) is 9.55. The first-order valence-corrected chi connectivity index (χ1v) is 11.2. The number of oxazole rings is 1. The SMILES string of the molecule is Cc1cc(-c2nc(COc3ccc(CCCCn4ccnc4)cc3)co2)sc1Br. The van der Waals surface area contributed by atoms with Gasteiger partial charge in [-0.15, -0.1) is 11.3 Å². The Morgan fingerprint density at radius 3 is 2.79 bits per heavy atom. The molecule has 4 aromatic rings. The highest BCUT2D eigenvalue weighted by molar-refractivity contribution is 9.11. The molecule has 0 fully saturated rings. The number of halogens is 1. The van der Waals surface area contributed by atoms with E-state index in [0.29, 0.717) is 12.5 Å². The molecule has 0 N–H and O–H groups in total. The summed E-state index contributed by atoms with van der Waals surface area (Å²) < 4.78 is 14.7. The highest BCUT2D eigenvalue weighted by Crippen LogP contribution is 2.34. The summed E-state index contributed by atoms with van der Waals surface area (Å²) in [6, 6.07) is 10.4. The number of ether oxygens (including phenoxy) is 1. The highest BCUT2D eigenvalue weighted by Gasteiger charge is 2.11. The quantitative estimate of drug-likeness (QED) is 0.270. The molecule has 3 heterocycles. The Hall–Kier alpha value is -2.38. The average Bonchev–Trinajstić information content (AvgIpc) is 3.47. The summed E-state index contributed by atoms with van der Waals surface area (Å²) in [5.41, 5.74) is 3.29. The summed E-state index contributed by atoms with van der Waals surface area (Å²) in [6.07, 6.45) is 10.7. The van der Waals surface area contributed by atoms with E-state index in [1.54, 1.807) is 17.6 Å². The predicted octanol–water partition coefficient (Wildman–Crippen LogP) is 6.27. The Labute approximate surface area is 182 Å². The molecule has 0 radical (unpaired) electrons. The highest BCUT2D eigenvalue weighted by atomic mass is 79.9. The van der Waals surface area contributed by atoms with Crippen molar-refractivity contribution in [3.05, 3.63) is 75.9 Å². The number of hydrogen-bond acceptors (Lipinski definition) is 5. The number of benzene rings is 1. The molecular formula is C22H22BrN3O2S. The molecular weight excluding hydrogens is 450 g/mol. The van der Waals surface area contributed by atoms with E-state index >= 15 is 0 Å². The molecule has 1 aromatic carbocycles. The van der Waals surface area contributed by atoms with Gasteiger partial charge in [0.05, 0.1) is 15.0 Å². The van der Waals surface area contributed by atoms with Crippen LogP contribution in [-0.4, -0.2) is 14.5 Å². The molecule has 0 aliphatic rings. The Kier molecular flexibility index (Phi) is 6.46. The number of thiophene rings is 1. The van der Waals surface area contributed by atoms with Gasteiger partial charge in [0.15, 0.2) is 0 Å². The summed E-state index contributed by atoms with van der Waals surface area (Å²) in [4.78, 5) is 9.61. The fourth-order valence-electron chi connectivity index (χ4n) is 3.00. The normalized spacial score (nSPS) is 11.1. The first kappa shape index (κ1) is 19.9. The van der Waals surface area contributed by atoms with Gasteiger partial charge in [-0.2, -0.15) is 0 Å². The van der Waals surface area contributed by atoms with E-state index in [1.807, 2.05) is 30.9 Å². The molecule has 0 atom stereocenters. The van der Waals surface area contributed by atoms with Crippen LogP contribution in [0.2, 0.25) is 0 Å². The fourth-order valence-corrected chi connectivity index (χ4v) is 4.47. The van der Waals surface area contributed by atoms with Crippen LogP contribution in [0, 0.1) is 6.92 Å². The van der Waals surface area contributed by atoms with E-state index < -0.39 is 0 Å². The van der Waals surface area contributed by atoms with Gasteiger partial charge in [0, 0.05) is 18.9 Å². The summed E-state index contributed by atoms with van der Waals surface area (Å²) in [6.45, 7) is 3.46. The number of aryl methyl sites for hydroxylation is 3. The smallest absolute Gasteiger partial charge is 0.236 e. The second-order valence-electron chi connectivity index (χ2n) is 6.90. The monoisotopic (exact) mass is 471 g/mol. The van der Waals surface area contributed by atoms with E-state index in [-0.39, 0.29) is 0 Å². The topological polar surface area (TPSA) is 53.1 Å². The van der Waals surface area contributed by atoms with Crippen molar-refractivity contribution >= 4 is 27.3 Å². The van der Waals surface area contributed by atoms with Gasteiger partial charge < -0.3 is 13.7 Å². The maximum absolute atomic E-state index is 5.86.